The average molecular weight is 612 g/mol. The van der Waals surface area contributed by atoms with Crippen LogP contribution >= 0.6 is 0 Å². The minimum atomic E-state index is -0.478. The molecule has 9 nitrogen and oxygen atoms in total. The van der Waals surface area contributed by atoms with Crippen molar-refractivity contribution in [1.82, 2.24) is 19.7 Å². The molecule has 0 aliphatic carbocycles. The van der Waals surface area contributed by atoms with Crippen LogP contribution in [0.3, 0.4) is 0 Å². The van der Waals surface area contributed by atoms with E-state index < -0.39 is 11.5 Å². The Hall–Kier alpha value is -3.95. The summed E-state index contributed by atoms with van der Waals surface area (Å²) in [6, 6.07) is 22.2. The lowest BCUT2D eigenvalue weighted by Gasteiger charge is -2.49. The number of piperidine rings is 2. The van der Waals surface area contributed by atoms with Gasteiger partial charge >= 0.3 is 6.09 Å². The van der Waals surface area contributed by atoms with Gasteiger partial charge in [0.25, 0.3) is 5.91 Å². The molecular weight excluding hydrogens is 566 g/mol. The summed E-state index contributed by atoms with van der Waals surface area (Å²) in [7, 11) is 0. The first-order chi connectivity index (χ1) is 21.6. The van der Waals surface area contributed by atoms with E-state index in [2.05, 4.69) is 9.80 Å². The molecule has 6 rings (SSSR count). The third kappa shape index (κ3) is 7.48. The van der Waals surface area contributed by atoms with Crippen LogP contribution in [0.25, 0.3) is 11.3 Å². The van der Waals surface area contributed by atoms with Gasteiger partial charge in [-0.05, 0) is 108 Å². The number of primary amides is 1. The van der Waals surface area contributed by atoms with Crippen molar-refractivity contribution in [1.29, 1.82) is 0 Å². The van der Waals surface area contributed by atoms with Crippen molar-refractivity contribution in [3.63, 3.8) is 0 Å². The molecule has 3 saturated heterocycles. The van der Waals surface area contributed by atoms with Gasteiger partial charge in [-0.3, -0.25) is 14.7 Å². The summed E-state index contributed by atoms with van der Waals surface area (Å²) in [5, 5.41) is 0. The van der Waals surface area contributed by atoms with Crippen molar-refractivity contribution in [3.05, 3.63) is 78.0 Å². The van der Waals surface area contributed by atoms with Crippen molar-refractivity contribution < 1.29 is 19.1 Å². The van der Waals surface area contributed by atoms with E-state index in [0.717, 1.165) is 87.7 Å². The Morgan fingerprint density at radius 2 is 1.38 bits per heavy atom. The Labute approximate surface area is 266 Å². The molecule has 3 aliphatic rings. The Bertz CT molecular complexity index is 1470. The van der Waals surface area contributed by atoms with E-state index in [9.17, 15) is 9.59 Å². The van der Waals surface area contributed by atoms with Crippen molar-refractivity contribution in [3.8, 4) is 22.8 Å². The summed E-state index contributed by atoms with van der Waals surface area (Å²) >= 11 is 0. The maximum Gasteiger partial charge on any atom is 0.410 e. The molecule has 4 heterocycles. The summed E-state index contributed by atoms with van der Waals surface area (Å²) < 4.78 is 11.5. The molecule has 1 aromatic heterocycles. The molecule has 0 spiro atoms. The van der Waals surface area contributed by atoms with Gasteiger partial charge in [0.2, 0.25) is 0 Å². The quantitative estimate of drug-likeness (QED) is 0.355. The molecule has 9 heteroatoms. The number of hydrogen-bond donors (Lipinski definition) is 1. The van der Waals surface area contributed by atoms with Gasteiger partial charge < -0.3 is 25.0 Å². The van der Waals surface area contributed by atoms with Gasteiger partial charge in [0.1, 0.15) is 17.1 Å². The highest BCUT2D eigenvalue weighted by Gasteiger charge is 2.39. The van der Waals surface area contributed by atoms with Crippen LogP contribution in [0.15, 0.2) is 66.7 Å². The third-order valence-electron chi connectivity index (χ3n) is 9.28. The number of aromatic nitrogens is 1. The fraction of sp³-hybridized carbons (Fsp3) is 0.472. The molecular formula is C36H45N5O4. The molecule has 0 atom stereocenters. The standard InChI is InChI=1S/C36H45N5O4/c1-36(2,3)45-35(43)41-23-28(24-41)40-21-17-27(18-22-40)39-19-15-25(16-20-39)32-14-13-31(34(37)42)33(38-32)26-9-11-30(12-10-26)44-29-7-5-4-6-8-29/h4-14,25,27-28H,15-24H2,1-3H3,(H2,37,42). The Morgan fingerprint density at radius 3 is 2.00 bits per heavy atom. The summed E-state index contributed by atoms with van der Waals surface area (Å²) in [5.74, 6) is 1.35. The highest BCUT2D eigenvalue weighted by atomic mass is 16.6. The van der Waals surface area contributed by atoms with Crippen LogP contribution in [0.4, 0.5) is 4.79 Å². The summed E-state index contributed by atoms with van der Waals surface area (Å²) in [5.41, 5.74) is 8.23. The predicted molar refractivity (Wildman–Crippen MR) is 174 cm³/mol. The second-order valence-corrected chi connectivity index (χ2v) is 13.6. The first-order valence-corrected chi connectivity index (χ1v) is 16.2. The fourth-order valence-corrected chi connectivity index (χ4v) is 6.76. The van der Waals surface area contributed by atoms with Crippen LogP contribution < -0.4 is 10.5 Å². The van der Waals surface area contributed by atoms with Gasteiger partial charge in [0.15, 0.2) is 0 Å². The topological polar surface area (TPSA) is 101 Å². The lowest BCUT2D eigenvalue weighted by atomic mass is 9.89. The van der Waals surface area contributed by atoms with Crippen LogP contribution in [0.5, 0.6) is 11.5 Å². The van der Waals surface area contributed by atoms with Crippen molar-refractivity contribution in [2.75, 3.05) is 39.3 Å². The van der Waals surface area contributed by atoms with Crippen LogP contribution in [0, 0.1) is 0 Å². The highest BCUT2D eigenvalue weighted by molar-refractivity contribution is 5.98. The number of pyridine rings is 1. The smallest absolute Gasteiger partial charge is 0.410 e. The largest absolute Gasteiger partial charge is 0.457 e. The average Bonchev–Trinajstić information content (AvgIpc) is 3.00. The zero-order valence-corrected chi connectivity index (χ0v) is 26.7. The first kappa shape index (κ1) is 31.0. The monoisotopic (exact) mass is 611 g/mol. The van der Waals surface area contributed by atoms with Gasteiger partial charge in [-0.2, -0.15) is 0 Å². The molecule has 3 fully saturated rings. The molecule has 0 bridgehead atoms. The summed E-state index contributed by atoms with van der Waals surface area (Å²) in [6.07, 6.45) is 4.20. The Morgan fingerprint density at radius 1 is 0.778 bits per heavy atom. The van der Waals surface area contributed by atoms with E-state index in [1.165, 1.54) is 0 Å². The molecule has 45 heavy (non-hydrogen) atoms. The number of benzene rings is 2. The SMILES string of the molecule is CC(C)(C)OC(=O)N1CC(N2CCC(N3CCC(c4ccc(C(N)=O)c(-c5ccc(Oc6ccccc6)cc5)n4)CC3)CC2)C1. The zero-order chi connectivity index (χ0) is 31.6. The predicted octanol–water partition coefficient (Wildman–Crippen LogP) is 5.90. The van der Waals surface area contributed by atoms with E-state index in [0.29, 0.717) is 29.3 Å². The number of hydrogen-bond acceptors (Lipinski definition) is 7. The molecule has 2 amide bonds. The third-order valence-corrected chi connectivity index (χ3v) is 9.28. The van der Waals surface area contributed by atoms with Crippen LogP contribution in [-0.4, -0.2) is 88.6 Å². The number of carbonyl (C=O) groups is 2. The molecule has 238 valence electrons. The minimum Gasteiger partial charge on any atom is -0.457 e. The minimum absolute atomic E-state index is 0.200. The number of nitrogens with two attached hydrogens (primary N) is 1. The molecule has 2 aromatic carbocycles. The number of amides is 2. The molecule has 0 unspecified atom stereocenters. The first-order valence-electron chi connectivity index (χ1n) is 16.2. The maximum atomic E-state index is 12.3. The molecule has 0 saturated carbocycles. The normalized spacial score (nSPS) is 19.2. The van der Waals surface area contributed by atoms with Crippen LogP contribution in [0.2, 0.25) is 0 Å². The van der Waals surface area contributed by atoms with Gasteiger partial charge in [0.05, 0.1) is 11.3 Å². The number of carbonyl (C=O) groups excluding carboxylic acids is 2. The van der Waals surface area contributed by atoms with E-state index in [-0.39, 0.29) is 6.09 Å². The number of nitrogens with zero attached hydrogens (tertiary/aromatic N) is 4. The van der Waals surface area contributed by atoms with E-state index in [4.69, 9.17) is 20.2 Å². The molecule has 3 aromatic rings. The second kappa shape index (κ2) is 13.2. The van der Waals surface area contributed by atoms with Gasteiger partial charge in [-0.25, -0.2) is 4.79 Å². The van der Waals surface area contributed by atoms with E-state index in [1.54, 1.807) is 0 Å². The maximum absolute atomic E-state index is 12.3. The van der Waals surface area contributed by atoms with Crippen molar-refractivity contribution in [2.24, 2.45) is 5.73 Å². The van der Waals surface area contributed by atoms with E-state index in [1.807, 2.05) is 92.4 Å². The summed E-state index contributed by atoms with van der Waals surface area (Å²) in [4.78, 5) is 36.7. The van der Waals surface area contributed by atoms with Crippen molar-refractivity contribution in [2.45, 2.75) is 70.1 Å². The fourth-order valence-electron chi connectivity index (χ4n) is 6.76. The summed E-state index contributed by atoms with van der Waals surface area (Å²) in [6.45, 7) is 11.5. The van der Waals surface area contributed by atoms with Crippen LogP contribution in [0.1, 0.15) is 68.4 Å². The van der Waals surface area contributed by atoms with Gasteiger partial charge in [-0.15, -0.1) is 0 Å². The molecule has 3 aliphatic heterocycles. The zero-order valence-electron chi connectivity index (χ0n) is 26.7. The van der Waals surface area contributed by atoms with Gasteiger partial charge in [0, 0.05) is 55.4 Å². The highest BCUT2D eigenvalue weighted by Crippen LogP contribution is 2.33. The van der Waals surface area contributed by atoms with E-state index >= 15 is 0 Å². The number of likely N-dealkylation sites (tertiary alicyclic amines) is 3. The number of para-hydroxylation sites is 1. The van der Waals surface area contributed by atoms with Crippen LogP contribution in [-0.2, 0) is 4.74 Å². The Balaban J connectivity index is 1.02. The second-order valence-electron chi connectivity index (χ2n) is 13.6. The lowest BCUT2D eigenvalue weighted by Crippen LogP contribution is -2.63. The Kier molecular flexibility index (Phi) is 9.10. The lowest BCUT2D eigenvalue weighted by molar-refractivity contribution is -0.0255. The molecule has 0 radical (unpaired) electrons. The number of rotatable bonds is 7. The molecule has 2 N–H and O–H groups in total. The van der Waals surface area contributed by atoms with Gasteiger partial charge in [-0.1, -0.05) is 18.2 Å². The van der Waals surface area contributed by atoms with Crippen molar-refractivity contribution >= 4 is 12.0 Å². The number of ether oxygens (including phenoxy) is 2.